The van der Waals surface area contributed by atoms with Crippen LogP contribution in [0.4, 0.5) is 4.39 Å². The second-order valence-corrected chi connectivity index (χ2v) is 6.14. The smallest absolute Gasteiger partial charge is 0.337 e. The van der Waals surface area contributed by atoms with Crippen LogP contribution < -0.4 is 0 Å². The molecule has 0 spiro atoms. The summed E-state index contributed by atoms with van der Waals surface area (Å²) in [5.41, 5.74) is 2.09. The van der Waals surface area contributed by atoms with E-state index in [1.54, 1.807) is 24.4 Å². The van der Waals surface area contributed by atoms with Crippen LogP contribution >= 0.6 is 15.9 Å². The molecule has 1 aromatic heterocycles. The lowest BCUT2D eigenvalue weighted by atomic mass is 10.1. The highest BCUT2D eigenvalue weighted by Gasteiger charge is 2.10. The summed E-state index contributed by atoms with van der Waals surface area (Å²) in [5, 5.41) is 0. The molecule has 1 heterocycles. The molecule has 0 bridgehead atoms. The van der Waals surface area contributed by atoms with Crippen molar-refractivity contribution < 1.29 is 13.9 Å². The molecular weight excluding hydrogens is 375 g/mol. The predicted octanol–water partition coefficient (Wildman–Crippen LogP) is 4.29. The van der Waals surface area contributed by atoms with Crippen LogP contribution in [0.25, 0.3) is 11.4 Å². The number of carbonyl (C=O) groups excluding carboxylic acids is 1. The van der Waals surface area contributed by atoms with Crippen molar-refractivity contribution in [3.8, 4) is 11.4 Å². The normalized spacial score (nSPS) is 10.6. The van der Waals surface area contributed by atoms with Crippen molar-refractivity contribution in [3.05, 3.63) is 76.3 Å². The third-order valence-corrected chi connectivity index (χ3v) is 4.00. The number of nitrogens with zero attached hydrogens (tertiary/aromatic N) is 2. The summed E-state index contributed by atoms with van der Waals surface area (Å²) in [7, 11) is 1.35. The van der Waals surface area contributed by atoms with E-state index in [1.165, 1.54) is 19.2 Å². The number of esters is 1. The number of methoxy groups -OCH3 is 1. The first kappa shape index (κ1) is 16.4. The minimum absolute atomic E-state index is 0.332. The Morgan fingerprint density at radius 3 is 2.88 bits per heavy atom. The molecule has 3 aromatic rings. The number of benzene rings is 2. The van der Waals surface area contributed by atoms with Crippen molar-refractivity contribution in [2.24, 2.45) is 0 Å². The fraction of sp³-hybridized carbons (Fsp3) is 0.111. The van der Waals surface area contributed by atoms with E-state index in [0.717, 1.165) is 5.56 Å². The van der Waals surface area contributed by atoms with E-state index in [2.05, 4.69) is 20.9 Å². The zero-order chi connectivity index (χ0) is 17.1. The Kier molecular flexibility index (Phi) is 4.76. The summed E-state index contributed by atoms with van der Waals surface area (Å²) in [5.74, 6) is -0.0583. The summed E-state index contributed by atoms with van der Waals surface area (Å²) >= 11 is 3.29. The van der Waals surface area contributed by atoms with Crippen molar-refractivity contribution in [2.75, 3.05) is 7.11 Å². The van der Waals surface area contributed by atoms with Crippen molar-refractivity contribution in [3.63, 3.8) is 0 Å². The summed E-state index contributed by atoms with van der Waals surface area (Å²) in [6.45, 7) is 0.508. The van der Waals surface area contributed by atoms with Gasteiger partial charge in [0.25, 0.3) is 0 Å². The van der Waals surface area contributed by atoms with E-state index in [-0.39, 0.29) is 11.8 Å². The maximum Gasteiger partial charge on any atom is 0.337 e. The van der Waals surface area contributed by atoms with E-state index in [0.29, 0.717) is 28.0 Å². The summed E-state index contributed by atoms with van der Waals surface area (Å²) in [6.07, 6.45) is 3.48. The van der Waals surface area contributed by atoms with Gasteiger partial charge in [-0.1, -0.05) is 28.1 Å². The van der Waals surface area contributed by atoms with Crippen LogP contribution in [0.5, 0.6) is 0 Å². The number of rotatable bonds is 4. The van der Waals surface area contributed by atoms with Crippen molar-refractivity contribution in [2.45, 2.75) is 6.54 Å². The first-order chi connectivity index (χ1) is 11.6. The van der Waals surface area contributed by atoms with Gasteiger partial charge in [-0.3, -0.25) is 0 Å². The predicted molar refractivity (Wildman–Crippen MR) is 92.2 cm³/mol. The molecule has 0 unspecified atom stereocenters. The first-order valence-corrected chi connectivity index (χ1v) is 8.01. The number of imidazole rings is 1. The second kappa shape index (κ2) is 6.97. The van der Waals surface area contributed by atoms with Gasteiger partial charge in [-0.15, -0.1) is 0 Å². The van der Waals surface area contributed by atoms with Gasteiger partial charge in [0.15, 0.2) is 0 Å². The molecule has 0 N–H and O–H groups in total. The Morgan fingerprint density at radius 1 is 1.29 bits per heavy atom. The zero-order valence-corrected chi connectivity index (χ0v) is 14.5. The zero-order valence-electron chi connectivity index (χ0n) is 12.9. The van der Waals surface area contributed by atoms with Crippen molar-refractivity contribution in [1.82, 2.24) is 9.55 Å². The molecular formula is C18H14BrFN2O2. The van der Waals surface area contributed by atoms with Crippen LogP contribution in [0, 0.1) is 5.82 Å². The lowest BCUT2D eigenvalue weighted by Crippen LogP contribution is -2.05. The Hall–Kier alpha value is -2.47. The lowest BCUT2D eigenvalue weighted by molar-refractivity contribution is 0.0600. The SMILES string of the molecule is COC(=O)c1cccc(Cn2ccnc2-c2cc(F)cc(Br)c2)c1. The number of halogens is 2. The minimum Gasteiger partial charge on any atom is -0.465 e. The van der Waals surface area contributed by atoms with E-state index in [9.17, 15) is 9.18 Å². The molecule has 3 rings (SSSR count). The highest BCUT2D eigenvalue weighted by Crippen LogP contribution is 2.24. The largest absolute Gasteiger partial charge is 0.465 e. The van der Waals surface area contributed by atoms with Crippen LogP contribution in [-0.2, 0) is 11.3 Å². The molecule has 0 atom stereocenters. The fourth-order valence-electron chi connectivity index (χ4n) is 2.49. The number of ether oxygens (including phenoxy) is 1. The van der Waals surface area contributed by atoms with Crippen LogP contribution in [-0.4, -0.2) is 22.6 Å². The molecule has 6 heteroatoms. The van der Waals surface area contributed by atoms with Gasteiger partial charge < -0.3 is 9.30 Å². The molecule has 0 amide bonds. The monoisotopic (exact) mass is 388 g/mol. The average molecular weight is 389 g/mol. The number of hydrogen-bond donors (Lipinski definition) is 0. The standard InChI is InChI=1S/C18H14BrFN2O2/c1-24-18(23)13-4-2-3-12(7-13)11-22-6-5-21-17(22)14-8-15(19)10-16(20)9-14/h2-10H,11H2,1H3. The summed E-state index contributed by atoms with van der Waals surface area (Å²) < 4.78 is 20.9. The Morgan fingerprint density at radius 2 is 2.12 bits per heavy atom. The highest BCUT2D eigenvalue weighted by molar-refractivity contribution is 9.10. The van der Waals surface area contributed by atoms with Gasteiger partial charge in [-0.2, -0.15) is 0 Å². The molecule has 0 saturated carbocycles. The highest BCUT2D eigenvalue weighted by atomic mass is 79.9. The number of hydrogen-bond acceptors (Lipinski definition) is 3. The molecule has 0 aliphatic heterocycles. The molecule has 24 heavy (non-hydrogen) atoms. The maximum absolute atomic E-state index is 13.6. The maximum atomic E-state index is 13.6. The molecule has 4 nitrogen and oxygen atoms in total. The van der Waals surface area contributed by atoms with Crippen molar-refractivity contribution >= 4 is 21.9 Å². The molecule has 122 valence electrons. The summed E-state index contributed by atoms with van der Waals surface area (Å²) in [6, 6.07) is 11.8. The van der Waals surface area contributed by atoms with Gasteiger partial charge in [-0.25, -0.2) is 14.2 Å². The van der Waals surface area contributed by atoms with E-state index in [1.807, 2.05) is 22.9 Å². The van der Waals surface area contributed by atoms with Crippen molar-refractivity contribution in [1.29, 1.82) is 0 Å². The first-order valence-electron chi connectivity index (χ1n) is 7.21. The van der Waals surface area contributed by atoms with Gasteiger partial charge in [-0.05, 0) is 35.9 Å². The van der Waals surface area contributed by atoms with Gasteiger partial charge in [0, 0.05) is 29.0 Å². The lowest BCUT2D eigenvalue weighted by Gasteiger charge is -2.10. The fourth-order valence-corrected chi connectivity index (χ4v) is 2.96. The molecule has 0 saturated heterocycles. The van der Waals surface area contributed by atoms with E-state index < -0.39 is 0 Å². The third kappa shape index (κ3) is 3.54. The molecule has 0 fully saturated rings. The van der Waals surface area contributed by atoms with Gasteiger partial charge in [0.1, 0.15) is 11.6 Å². The number of carbonyl (C=O) groups is 1. The molecule has 0 radical (unpaired) electrons. The molecule has 0 aliphatic carbocycles. The Balaban J connectivity index is 1.93. The third-order valence-electron chi connectivity index (χ3n) is 3.54. The van der Waals surface area contributed by atoms with Crippen LogP contribution in [0.1, 0.15) is 15.9 Å². The van der Waals surface area contributed by atoms with E-state index >= 15 is 0 Å². The average Bonchev–Trinajstić information content (AvgIpc) is 3.01. The Bertz CT molecular complexity index is 872. The quantitative estimate of drug-likeness (QED) is 0.626. The van der Waals surface area contributed by atoms with Crippen LogP contribution in [0.3, 0.4) is 0 Å². The molecule has 2 aromatic carbocycles. The molecule has 0 aliphatic rings. The van der Waals surface area contributed by atoms with E-state index in [4.69, 9.17) is 4.74 Å². The van der Waals surface area contributed by atoms with Gasteiger partial charge >= 0.3 is 5.97 Å². The number of aromatic nitrogens is 2. The summed E-state index contributed by atoms with van der Waals surface area (Å²) in [4.78, 5) is 16.0. The second-order valence-electron chi connectivity index (χ2n) is 5.23. The minimum atomic E-state index is -0.378. The van der Waals surface area contributed by atoms with Gasteiger partial charge in [0.2, 0.25) is 0 Å². The van der Waals surface area contributed by atoms with Crippen LogP contribution in [0.2, 0.25) is 0 Å². The van der Waals surface area contributed by atoms with Crippen LogP contribution in [0.15, 0.2) is 59.3 Å². The Labute approximate surface area is 147 Å². The topological polar surface area (TPSA) is 44.1 Å². The van der Waals surface area contributed by atoms with Gasteiger partial charge in [0.05, 0.1) is 12.7 Å².